The number of rotatable bonds is 12. The molecule has 5 heteroatoms. The zero-order valence-corrected chi connectivity index (χ0v) is 14.2. The van der Waals surface area contributed by atoms with Crippen molar-refractivity contribution in [2.75, 3.05) is 46.8 Å². The zero-order chi connectivity index (χ0) is 15.3. The van der Waals surface area contributed by atoms with Crippen molar-refractivity contribution in [2.45, 2.75) is 12.8 Å². The molecule has 4 nitrogen and oxygen atoms in total. The number of halogens is 1. The summed E-state index contributed by atoms with van der Waals surface area (Å²) in [4.78, 5) is 0. The van der Waals surface area contributed by atoms with E-state index in [1.165, 1.54) is 5.56 Å². The van der Waals surface area contributed by atoms with Crippen molar-refractivity contribution < 1.29 is 19.3 Å². The summed E-state index contributed by atoms with van der Waals surface area (Å²) in [5.41, 5.74) is 1.22. The molecular formula is C16H25BrO4. The predicted octanol–water partition coefficient (Wildman–Crippen LogP) is 2.67. The molecule has 1 rings (SSSR count). The number of ether oxygens (including phenoxy) is 3. The minimum absolute atomic E-state index is 0.176. The molecule has 0 radical (unpaired) electrons. The Labute approximate surface area is 135 Å². The SMILES string of the molecule is COCCOCCOCCC(CO)Cc1ccccc1Br. The van der Waals surface area contributed by atoms with Crippen LogP contribution < -0.4 is 0 Å². The van der Waals surface area contributed by atoms with Gasteiger partial charge in [-0.05, 0) is 30.4 Å². The molecule has 1 unspecified atom stereocenters. The van der Waals surface area contributed by atoms with Gasteiger partial charge in [0.1, 0.15) is 0 Å². The van der Waals surface area contributed by atoms with E-state index in [4.69, 9.17) is 14.2 Å². The van der Waals surface area contributed by atoms with E-state index in [-0.39, 0.29) is 12.5 Å². The molecule has 0 aromatic heterocycles. The Hall–Kier alpha value is -0.460. The fraction of sp³-hybridized carbons (Fsp3) is 0.625. The van der Waals surface area contributed by atoms with Gasteiger partial charge in [0, 0.05) is 24.8 Å². The van der Waals surface area contributed by atoms with Crippen molar-refractivity contribution in [1.82, 2.24) is 0 Å². The van der Waals surface area contributed by atoms with Crippen molar-refractivity contribution in [3.63, 3.8) is 0 Å². The van der Waals surface area contributed by atoms with Crippen molar-refractivity contribution in [2.24, 2.45) is 5.92 Å². The van der Waals surface area contributed by atoms with Crippen LogP contribution in [0.3, 0.4) is 0 Å². The second-order valence-corrected chi connectivity index (χ2v) is 5.70. The highest BCUT2D eigenvalue weighted by Crippen LogP contribution is 2.20. The summed E-state index contributed by atoms with van der Waals surface area (Å²) in [6.45, 7) is 3.19. The molecule has 0 spiro atoms. The first kappa shape index (κ1) is 18.6. The van der Waals surface area contributed by atoms with Gasteiger partial charge in [-0.2, -0.15) is 0 Å². The summed E-state index contributed by atoms with van der Waals surface area (Å²) in [6.07, 6.45) is 1.70. The predicted molar refractivity (Wildman–Crippen MR) is 86.6 cm³/mol. The maximum Gasteiger partial charge on any atom is 0.0701 e. The number of aliphatic hydroxyl groups excluding tert-OH is 1. The van der Waals surface area contributed by atoms with Crippen molar-refractivity contribution in [3.05, 3.63) is 34.3 Å². The fourth-order valence-electron chi connectivity index (χ4n) is 1.95. The van der Waals surface area contributed by atoms with Gasteiger partial charge < -0.3 is 19.3 Å². The van der Waals surface area contributed by atoms with E-state index in [1.54, 1.807) is 7.11 Å². The van der Waals surface area contributed by atoms with Crippen LogP contribution in [0.5, 0.6) is 0 Å². The van der Waals surface area contributed by atoms with Crippen LogP contribution >= 0.6 is 15.9 Å². The summed E-state index contributed by atoms with van der Waals surface area (Å²) in [5.74, 6) is 0.220. The summed E-state index contributed by atoms with van der Waals surface area (Å²) in [6, 6.07) is 8.12. The minimum atomic E-state index is 0.176. The lowest BCUT2D eigenvalue weighted by Crippen LogP contribution is -2.15. The average molecular weight is 361 g/mol. The van der Waals surface area contributed by atoms with Crippen LogP contribution in [0.2, 0.25) is 0 Å². The van der Waals surface area contributed by atoms with Gasteiger partial charge in [0.2, 0.25) is 0 Å². The highest BCUT2D eigenvalue weighted by Gasteiger charge is 2.10. The van der Waals surface area contributed by atoms with Gasteiger partial charge in [-0.3, -0.25) is 0 Å². The molecule has 1 atom stereocenters. The quantitative estimate of drug-likeness (QED) is 0.582. The van der Waals surface area contributed by atoms with Gasteiger partial charge in [0.15, 0.2) is 0 Å². The van der Waals surface area contributed by atoms with Crippen LogP contribution in [0.4, 0.5) is 0 Å². The van der Waals surface area contributed by atoms with Crippen LogP contribution in [0.1, 0.15) is 12.0 Å². The molecule has 0 saturated carbocycles. The van der Waals surface area contributed by atoms with Gasteiger partial charge in [0.05, 0.1) is 26.4 Å². The van der Waals surface area contributed by atoms with E-state index in [2.05, 4.69) is 22.0 Å². The number of hydrogen-bond acceptors (Lipinski definition) is 4. The Bertz CT molecular complexity index is 373. The molecule has 0 amide bonds. The van der Waals surface area contributed by atoms with Gasteiger partial charge in [0.25, 0.3) is 0 Å². The highest BCUT2D eigenvalue weighted by atomic mass is 79.9. The van der Waals surface area contributed by atoms with Crippen LogP contribution in [-0.4, -0.2) is 51.9 Å². The van der Waals surface area contributed by atoms with E-state index in [0.717, 1.165) is 17.3 Å². The maximum atomic E-state index is 9.47. The maximum absolute atomic E-state index is 9.47. The molecule has 0 bridgehead atoms. The van der Waals surface area contributed by atoms with Gasteiger partial charge in [-0.15, -0.1) is 0 Å². The van der Waals surface area contributed by atoms with Gasteiger partial charge >= 0.3 is 0 Å². The Morgan fingerprint density at radius 2 is 1.71 bits per heavy atom. The van der Waals surface area contributed by atoms with Crippen LogP contribution in [0, 0.1) is 5.92 Å². The number of methoxy groups -OCH3 is 1. The molecule has 0 heterocycles. The zero-order valence-electron chi connectivity index (χ0n) is 12.6. The van der Waals surface area contributed by atoms with Gasteiger partial charge in [-0.25, -0.2) is 0 Å². The fourth-order valence-corrected chi connectivity index (χ4v) is 2.39. The Kier molecular flexibility index (Phi) is 10.7. The topological polar surface area (TPSA) is 47.9 Å². The third kappa shape index (κ3) is 8.53. The molecule has 1 aromatic carbocycles. The summed E-state index contributed by atoms with van der Waals surface area (Å²) >= 11 is 3.54. The number of aliphatic hydroxyl groups is 1. The highest BCUT2D eigenvalue weighted by molar-refractivity contribution is 9.10. The number of hydrogen-bond donors (Lipinski definition) is 1. The third-order valence-corrected chi connectivity index (χ3v) is 3.97. The minimum Gasteiger partial charge on any atom is -0.396 e. The molecule has 21 heavy (non-hydrogen) atoms. The smallest absolute Gasteiger partial charge is 0.0701 e. The first-order valence-electron chi connectivity index (χ1n) is 7.26. The second kappa shape index (κ2) is 12.1. The van der Waals surface area contributed by atoms with Gasteiger partial charge in [-0.1, -0.05) is 34.1 Å². The number of benzene rings is 1. The van der Waals surface area contributed by atoms with Crippen molar-refractivity contribution in [3.8, 4) is 0 Å². The molecule has 0 fully saturated rings. The Balaban J connectivity index is 2.13. The molecule has 0 aliphatic rings. The molecule has 1 aromatic rings. The van der Waals surface area contributed by atoms with E-state index >= 15 is 0 Å². The summed E-state index contributed by atoms with van der Waals surface area (Å²) < 4.78 is 16.8. The molecule has 0 aliphatic carbocycles. The van der Waals surface area contributed by atoms with Crippen molar-refractivity contribution >= 4 is 15.9 Å². The molecular weight excluding hydrogens is 336 g/mol. The lowest BCUT2D eigenvalue weighted by Gasteiger charge is -2.15. The summed E-state index contributed by atoms with van der Waals surface area (Å²) in [5, 5.41) is 9.47. The lowest BCUT2D eigenvalue weighted by atomic mass is 9.97. The molecule has 120 valence electrons. The summed E-state index contributed by atoms with van der Waals surface area (Å²) in [7, 11) is 1.65. The van der Waals surface area contributed by atoms with E-state index in [1.807, 2.05) is 18.2 Å². The van der Waals surface area contributed by atoms with Crippen LogP contribution in [0.25, 0.3) is 0 Å². The first-order chi connectivity index (χ1) is 10.3. The van der Waals surface area contributed by atoms with Crippen LogP contribution in [0.15, 0.2) is 28.7 Å². The standard InChI is InChI=1S/C16H25BrO4/c1-19-8-9-21-11-10-20-7-6-14(13-18)12-15-4-2-3-5-16(15)17/h2-5,14,18H,6-13H2,1H3. The van der Waals surface area contributed by atoms with E-state index in [9.17, 15) is 5.11 Å². The van der Waals surface area contributed by atoms with E-state index < -0.39 is 0 Å². The van der Waals surface area contributed by atoms with E-state index in [0.29, 0.717) is 33.0 Å². The molecule has 0 saturated heterocycles. The van der Waals surface area contributed by atoms with Crippen molar-refractivity contribution in [1.29, 1.82) is 0 Å². The Morgan fingerprint density at radius 3 is 2.38 bits per heavy atom. The average Bonchev–Trinajstić information content (AvgIpc) is 2.50. The normalized spacial score (nSPS) is 12.5. The Morgan fingerprint density at radius 1 is 1.05 bits per heavy atom. The largest absolute Gasteiger partial charge is 0.396 e. The molecule has 1 N–H and O–H groups in total. The first-order valence-corrected chi connectivity index (χ1v) is 8.06. The monoisotopic (exact) mass is 360 g/mol. The third-order valence-electron chi connectivity index (χ3n) is 3.20. The molecule has 0 aliphatic heterocycles. The second-order valence-electron chi connectivity index (χ2n) is 4.85. The van der Waals surface area contributed by atoms with Crippen LogP contribution in [-0.2, 0) is 20.6 Å². The lowest BCUT2D eigenvalue weighted by molar-refractivity contribution is 0.0201.